The lowest BCUT2D eigenvalue weighted by Gasteiger charge is -2.43. The third-order valence-corrected chi connectivity index (χ3v) is 11.6. The van der Waals surface area contributed by atoms with Crippen LogP contribution in [0.15, 0.2) is 36.8 Å². The van der Waals surface area contributed by atoms with Gasteiger partial charge in [0.1, 0.15) is 17.9 Å². The first-order valence-corrected chi connectivity index (χ1v) is 19.7. The van der Waals surface area contributed by atoms with Crippen LogP contribution in [0.2, 0.25) is 0 Å². The molecule has 2 N–H and O–H groups in total. The third-order valence-electron chi connectivity index (χ3n) is 11.6. The first kappa shape index (κ1) is 42.6. The molecule has 0 aromatic carbocycles. The van der Waals surface area contributed by atoms with Gasteiger partial charge in [-0.3, -0.25) is 9.80 Å². The van der Waals surface area contributed by atoms with Gasteiger partial charge in [0, 0.05) is 75.2 Å². The summed E-state index contributed by atoms with van der Waals surface area (Å²) in [6.07, 6.45) is 14.9. The molecule has 4 aliphatic rings. The Bertz CT molecular complexity index is 1330. The molecule has 9 heteroatoms. The largest absolute Gasteiger partial charge is 0.379 e. The Labute approximate surface area is 310 Å². The first-order valence-electron chi connectivity index (χ1n) is 19.7. The molecule has 0 bridgehead atoms. The van der Waals surface area contributed by atoms with Gasteiger partial charge >= 0.3 is 0 Å². The minimum absolute atomic E-state index is 0.00174. The van der Waals surface area contributed by atoms with E-state index in [-0.39, 0.29) is 10.8 Å². The third kappa shape index (κ3) is 12.7. The number of morpholine rings is 2. The number of aryl methyl sites for hydroxylation is 2. The maximum atomic E-state index is 10.7. The van der Waals surface area contributed by atoms with E-state index in [2.05, 4.69) is 83.7 Å². The summed E-state index contributed by atoms with van der Waals surface area (Å²) >= 11 is 0. The number of ether oxygens (including phenoxy) is 2. The summed E-state index contributed by atoms with van der Waals surface area (Å²) in [5.41, 5.74) is 6.62. The van der Waals surface area contributed by atoms with Gasteiger partial charge in [-0.1, -0.05) is 60.5 Å². The van der Waals surface area contributed by atoms with Gasteiger partial charge in [-0.15, -0.1) is 0 Å². The van der Waals surface area contributed by atoms with Crippen molar-refractivity contribution in [2.24, 2.45) is 16.7 Å². The number of anilines is 2. The van der Waals surface area contributed by atoms with Gasteiger partial charge in [-0.2, -0.15) is 0 Å². The highest BCUT2D eigenvalue weighted by molar-refractivity contribution is 5.59. The molecule has 2 aliphatic heterocycles. The fourth-order valence-corrected chi connectivity index (χ4v) is 7.14. The molecule has 2 aromatic heterocycles. The Morgan fingerprint density at radius 2 is 1.39 bits per heavy atom. The second-order valence-electron chi connectivity index (χ2n) is 14.9. The van der Waals surface area contributed by atoms with Crippen LogP contribution in [0, 0.1) is 30.6 Å². The highest BCUT2D eigenvalue weighted by atomic mass is 16.5. The van der Waals surface area contributed by atoms with E-state index < -0.39 is 0 Å². The Balaban J connectivity index is 0.000000218. The number of aldehydes is 1. The van der Waals surface area contributed by atoms with Gasteiger partial charge in [-0.05, 0) is 86.3 Å². The van der Waals surface area contributed by atoms with E-state index in [0.717, 1.165) is 102 Å². The molecule has 51 heavy (non-hydrogen) atoms. The fraction of sp³-hybridized carbons (Fsp3) is 0.690. The molecule has 9 nitrogen and oxygen atoms in total. The van der Waals surface area contributed by atoms with Crippen LogP contribution in [-0.2, 0) is 27.4 Å². The molecule has 2 atom stereocenters. The zero-order chi connectivity index (χ0) is 37.3. The second-order valence-corrected chi connectivity index (χ2v) is 14.9. The number of hydrogen-bond donors (Lipinski definition) is 2. The molecule has 2 unspecified atom stereocenters. The fourth-order valence-electron chi connectivity index (χ4n) is 7.14. The van der Waals surface area contributed by atoms with E-state index in [9.17, 15) is 4.79 Å². The average Bonchev–Trinajstić information content (AvgIpc) is 3.14. The van der Waals surface area contributed by atoms with E-state index in [0.29, 0.717) is 5.92 Å². The molecule has 0 amide bonds. The Morgan fingerprint density at radius 1 is 0.882 bits per heavy atom. The van der Waals surface area contributed by atoms with Crippen LogP contribution in [0.1, 0.15) is 108 Å². The van der Waals surface area contributed by atoms with E-state index >= 15 is 0 Å². The molecule has 0 radical (unpaired) electrons. The quantitative estimate of drug-likeness (QED) is 0.236. The van der Waals surface area contributed by atoms with Crippen molar-refractivity contribution in [2.45, 2.75) is 113 Å². The lowest BCUT2D eigenvalue weighted by molar-refractivity contribution is -0.119. The van der Waals surface area contributed by atoms with Gasteiger partial charge in [0.05, 0.1) is 26.4 Å². The van der Waals surface area contributed by atoms with Crippen LogP contribution in [0.5, 0.6) is 0 Å². The van der Waals surface area contributed by atoms with Gasteiger partial charge in [0.2, 0.25) is 0 Å². The SMILES string of the molecule is C=C(Nc1cc(CN2CCOCC2)c(C)cn1)C1(CC)CCC1.CC.CC1CCCCC1(C)C=O.CNc1cc(CN2CCOCC2)c(C)cn1. The monoisotopic (exact) mass is 707 g/mol. The van der Waals surface area contributed by atoms with Gasteiger partial charge in [0.25, 0.3) is 0 Å². The molecule has 4 heterocycles. The van der Waals surface area contributed by atoms with Crippen molar-refractivity contribution in [2.75, 3.05) is 70.3 Å². The summed E-state index contributed by atoms with van der Waals surface area (Å²) in [7, 11) is 1.90. The highest BCUT2D eigenvalue weighted by Gasteiger charge is 2.38. The van der Waals surface area contributed by atoms with Crippen LogP contribution in [-0.4, -0.2) is 85.7 Å². The van der Waals surface area contributed by atoms with Crippen LogP contribution < -0.4 is 10.6 Å². The maximum absolute atomic E-state index is 10.7. The Hall–Kier alpha value is -2.85. The van der Waals surface area contributed by atoms with Crippen molar-refractivity contribution in [3.05, 3.63) is 59.1 Å². The molecule has 2 saturated heterocycles. The standard InChI is InChI=1S/C19H29N3O.C12H19N3O.C9H16O.C2H6/c1-4-19(6-5-7-19)16(3)21-18-12-17(15(2)13-20-18)14-22-8-10-23-11-9-22;1-10-8-14-12(13-2)7-11(10)9-15-3-5-16-6-4-15;1-8-5-3-4-6-9(8,2)7-10;1-2/h12-13H,3-11,14H2,1-2H3,(H,20,21);7-8H,3-6,9H2,1-2H3,(H,13,14);7-8H,3-6H2,1-2H3;1-2H3. The summed E-state index contributed by atoms with van der Waals surface area (Å²) < 4.78 is 10.8. The van der Waals surface area contributed by atoms with Crippen molar-refractivity contribution in [1.29, 1.82) is 0 Å². The number of pyridine rings is 2. The van der Waals surface area contributed by atoms with Crippen LogP contribution in [0.4, 0.5) is 11.6 Å². The summed E-state index contributed by atoms with van der Waals surface area (Å²) in [6.45, 7) is 28.5. The number of hydrogen-bond acceptors (Lipinski definition) is 9. The van der Waals surface area contributed by atoms with Gasteiger partial charge in [0.15, 0.2) is 0 Å². The predicted octanol–water partition coefficient (Wildman–Crippen LogP) is 8.42. The van der Waals surface area contributed by atoms with Crippen molar-refractivity contribution in [3.8, 4) is 0 Å². The topological polar surface area (TPSA) is 91.8 Å². The predicted molar refractivity (Wildman–Crippen MR) is 212 cm³/mol. The minimum Gasteiger partial charge on any atom is -0.379 e. The van der Waals surface area contributed by atoms with E-state index in [4.69, 9.17) is 9.47 Å². The molecule has 2 saturated carbocycles. The van der Waals surface area contributed by atoms with Crippen molar-refractivity contribution in [1.82, 2.24) is 19.8 Å². The number of aromatic nitrogens is 2. The number of rotatable bonds is 10. The lowest BCUT2D eigenvalue weighted by atomic mass is 9.65. The van der Waals surface area contributed by atoms with Crippen molar-refractivity contribution >= 4 is 17.9 Å². The smallest absolute Gasteiger partial charge is 0.130 e. The molecule has 2 aromatic rings. The zero-order valence-electron chi connectivity index (χ0n) is 33.4. The number of carbonyl (C=O) groups is 1. The molecular formula is C42H70N6O3. The van der Waals surface area contributed by atoms with Crippen LogP contribution in [0.3, 0.4) is 0 Å². The summed E-state index contributed by atoms with van der Waals surface area (Å²) in [6, 6.07) is 4.32. The van der Waals surface area contributed by atoms with Crippen LogP contribution >= 0.6 is 0 Å². The summed E-state index contributed by atoms with van der Waals surface area (Å²) in [5, 5.41) is 6.57. The second kappa shape index (κ2) is 21.6. The van der Waals surface area contributed by atoms with Crippen molar-refractivity contribution in [3.63, 3.8) is 0 Å². The Morgan fingerprint density at radius 3 is 1.80 bits per heavy atom. The molecule has 2 aliphatic carbocycles. The number of nitrogens with zero attached hydrogens (tertiary/aromatic N) is 4. The minimum atomic E-state index is -0.00174. The van der Waals surface area contributed by atoms with Gasteiger partial charge < -0.3 is 24.9 Å². The molecule has 0 spiro atoms. The number of carbonyl (C=O) groups excluding carboxylic acids is 1. The first-order chi connectivity index (χ1) is 24.6. The van der Waals surface area contributed by atoms with Gasteiger partial charge in [-0.25, -0.2) is 9.97 Å². The van der Waals surface area contributed by atoms with E-state index in [1.165, 1.54) is 60.8 Å². The summed E-state index contributed by atoms with van der Waals surface area (Å²) in [5.74, 6) is 2.47. The van der Waals surface area contributed by atoms with Crippen LogP contribution in [0.25, 0.3) is 0 Å². The van der Waals surface area contributed by atoms with E-state index in [1.54, 1.807) is 0 Å². The summed E-state index contributed by atoms with van der Waals surface area (Å²) in [4.78, 5) is 24.4. The normalized spacial score (nSPS) is 23.0. The Kier molecular flexibility index (Phi) is 18.0. The molecule has 4 fully saturated rings. The number of allylic oxidation sites excluding steroid dienone is 1. The van der Waals surface area contributed by atoms with Crippen molar-refractivity contribution < 1.29 is 14.3 Å². The lowest BCUT2D eigenvalue weighted by Crippen LogP contribution is -2.36. The average molecular weight is 707 g/mol. The molecular weight excluding hydrogens is 637 g/mol. The zero-order valence-corrected chi connectivity index (χ0v) is 33.4. The highest BCUT2D eigenvalue weighted by Crippen LogP contribution is 2.49. The molecule has 6 rings (SSSR count). The number of nitrogens with one attached hydrogen (secondary N) is 2. The van der Waals surface area contributed by atoms with E-state index in [1.807, 2.05) is 33.3 Å². The maximum Gasteiger partial charge on any atom is 0.130 e. The molecule has 286 valence electrons.